The van der Waals surface area contributed by atoms with Crippen LogP contribution in [0.25, 0.3) is 34.2 Å². The molecule has 6 rings (SSSR count). The van der Waals surface area contributed by atoms with E-state index in [0.29, 0.717) is 0 Å². The number of hydrogen-bond acceptors (Lipinski definition) is 6. The molecule has 53 heavy (non-hydrogen) atoms. The maximum Gasteiger partial charge on any atom is 2.00 e. The maximum atomic E-state index is 9.75. The van der Waals surface area contributed by atoms with Gasteiger partial charge in [0.25, 0.3) is 0 Å². The van der Waals surface area contributed by atoms with Crippen LogP contribution in [0.3, 0.4) is 0 Å². The molecule has 0 spiro atoms. The third-order valence-electron chi connectivity index (χ3n) is 6.28. The SMILES string of the molecule is Cc1ccnc(-c2cc(C)ccn2)c1.Cc1ccnc(-c2cc(C)ccn2)c1.Cc1ccnc(-c2cc(C)ccn2)c1.F[B-](F)(F)F.F[B-](F)(F)F.[Pt+2]. The Morgan fingerprint density at radius 1 is 0.302 bits per heavy atom. The Morgan fingerprint density at radius 3 is 0.509 bits per heavy atom. The Hall–Kier alpha value is -4.84. The van der Waals surface area contributed by atoms with Gasteiger partial charge in [0, 0.05) is 37.2 Å². The van der Waals surface area contributed by atoms with E-state index in [1.807, 2.05) is 110 Å². The van der Waals surface area contributed by atoms with Gasteiger partial charge in [-0.25, -0.2) is 0 Å². The number of pyridine rings is 6. The van der Waals surface area contributed by atoms with E-state index in [1.165, 1.54) is 33.4 Å². The van der Waals surface area contributed by atoms with Gasteiger partial charge in [0.15, 0.2) is 0 Å². The minimum Gasteiger partial charge on any atom is -0.418 e. The predicted octanol–water partition coefficient (Wildman–Crippen LogP) is 10.9. The fraction of sp³-hybridized carbons (Fsp3) is 0.167. The van der Waals surface area contributed by atoms with E-state index in [0.717, 1.165) is 34.2 Å². The molecule has 282 valence electrons. The molecule has 6 heterocycles. The van der Waals surface area contributed by atoms with Crippen LogP contribution >= 0.6 is 0 Å². The number of halogens is 8. The summed E-state index contributed by atoms with van der Waals surface area (Å²) in [4.78, 5) is 25.7. The standard InChI is InChI=1S/3C12H12N2.2BF4.Pt/c3*1-9-3-5-13-11(7-9)12-8-10(2)4-6-14-12;2*2-1(3,4)5;/h3*3-8H,1-2H3;;;/q;;;2*-1;+2. The summed E-state index contributed by atoms with van der Waals surface area (Å²) in [5, 5.41) is 0. The molecule has 17 heteroatoms. The summed E-state index contributed by atoms with van der Waals surface area (Å²) in [7, 11) is -12.0. The Kier molecular flexibility index (Phi) is 19.4. The van der Waals surface area contributed by atoms with Crippen molar-refractivity contribution in [1.29, 1.82) is 0 Å². The van der Waals surface area contributed by atoms with Crippen LogP contribution in [0.15, 0.2) is 110 Å². The minimum atomic E-state index is -6.00. The van der Waals surface area contributed by atoms with Gasteiger partial charge in [-0.1, -0.05) is 0 Å². The van der Waals surface area contributed by atoms with E-state index in [1.54, 1.807) is 0 Å². The first kappa shape index (κ1) is 46.2. The monoisotopic (exact) mass is 921 g/mol. The van der Waals surface area contributed by atoms with Crippen LogP contribution in [0.1, 0.15) is 33.4 Å². The molecule has 0 saturated carbocycles. The van der Waals surface area contributed by atoms with Crippen LogP contribution in [0.5, 0.6) is 0 Å². The quantitative estimate of drug-likeness (QED) is 0.130. The van der Waals surface area contributed by atoms with Gasteiger partial charge in [-0.15, -0.1) is 0 Å². The van der Waals surface area contributed by atoms with Crippen LogP contribution in [-0.2, 0) is 21.1 Å². The van der Waals surface area contributed by atoms with Crippen LogP contribution in [0.2, 0.25) is 0 Å². The second-order valence-electron chi connectivity index (χ2n) is 11.3. The normalized spacial score (nSPS) is 10.3. The van der Waals surface area contributed by atoms with Gasteiger partial charge in [-0.3, -0.25) is 29.9 Å². The summed E-state index contributed by atoms with van der Waals surface area (Å²) in [5.41, 5.74) is 12.9. The smallest absolute Gasteiger partial charge is 0.418 e. The minimum absolute atomic E-state index is 0. The average Bonchev–Trinajstić information content (AvgIpc) is 3.04. The summed E-state index contributed by atoms with van der Waals surface area (Å²) in [6.45, 7) is 12.3. The van der Waals surface area contributed by atoms with E-state index in [-0.39, 0.29) is 21.1 Å². The molecule has 0 bridgehead atoms. The largest absolute Gasteiger partial charge is 2.00 e. The van der Waals surface area contributed by atoms with E-state index >= 15 is 0 Å². The maximum absolute atomic E-state index is 9.75. The first-order valence-corrected chi connectivity index (χ1v) is 15.6. The van der Waals surface area contributed by atoms with Gasteiger partial charge in [-0.05, 0) is 148 Å². The third-order valence-corrected chi connectivity index (χ3v) is 6.28. The second-order valence-corrected chi connectivity index (χ2v) is 11.3. The van der Waals surface area contributed by atoms with E-state index in [9.17, 15) is 34.5 Å². The Balaban J connectivity index is 0.000000350. The van der Waals surface area contributed by atoms with Gasteiger partial charge in [0.05, 0.1) is 34.2 Å². The van der Waals surface area contributed by atoms with E-state index in [2.05, 4.69) is 71.4 Å². The summed E-state index contributed by atoms with van der Waals surface area (Å²) in [6, 6.07) is 24.2. The molecular weight excluding hydrogens is 885 g/mol. The van der Waals surface area contributed by atoms with Crippen LogP contribution in [0, 0.1) is 41.5 Å². The van der Waals surface area contributed by atoms with Gasteiger partial charge in [0.1, 0.15) is 0 Å². The number of nitrogens with zero attached hydrogens (tertiary/aromatic N) is 6. The van der Waals surface area contributed by atoms with Gasteiger partial charge in [-0.2, -0.15) is 0 Å². The van der Waals surface area contributed by atoms with Crippen LogP contribution in [-0.4, -0.2) is 44.4 Å². The molecule has 0 fully saturated rings. The van der Waals surface area contributed by atoms with Crippen molar-refractivity contribution in [1.82, 2.24) is 29.9 Å². The fourth-order valence-corrected chi connectivity index (χ4v) is 4.06. The molecule has 0 unspecified atom stereocenters. The zero-order valence-electron chi connectivity index (χ0n) is 29.6. The summed E-state index contributed by atoms with van der Waals surface area (Å²) in [6.07, 6.45) is 10.9. The molecule has 0 radical (unpaired) electrons. The molecule has 0 aliphatic heterocycles. The molecule has 0 amide bonds. The Labute approximate surface area is 318 Å². The molecule has 0 aliphatic rings. The molecular formula is C36H36B2F8N6Pt. The van der Waals surface area contributed by atoms with Crippen molar-refractivity contribution in [3.05, 3.63) is 143 Å². The van der Waals surface area contributed by atoms with Gasteiger partial charge < -0.3 is 34.5 Å². The second kappa shape index (κ2) is 22.3. The molecule has 6 aromatic rings. The average molecular weight is 921 g/mol. The summed E-state index contributed by atoms with van der Waals surface area (Å²) < 4.78 is 78.0. The summed E-state index contributed by atoms with van der Waals surface area (Å²) >= 11 is 0. The zero-order valence-corrected chi connectivity index (χ0v) is 31.8. The first-order valence-electron chi connectivity index (χ1n) is 15.6. The molecule has 0 atom stereocenters. The molecule has 0 aliphatic carbocycles. The van der Waals surface area contributed by atoms with Gasteiger partial charge >= 0.3 is 35.6 Å². The number of rotatable bonds is 3. The van der Waals surface area contributed by atoms with Crippen LogP contribution < -0.4 is 0 Å². The molecule has 0 aromatic carbocycles. The molecule has 0 saturated heterocycles. The fourth-order valence-electron chi connectivity index (χ4n) is 4.06. The predicted molar refractivity (Wildman–Crippen MR) is 191 cm³/mol. The van der Waals surface area contributed by atoms with Crippen LogP contribution in [0.4, 0.5) is 34.5 Å². The van der Waals surface area contributed by atoms with Gasteiger partial charge in [0.2, 0.25) is 0 Å². The summed E-state index contributed by atoms with van der Waals surface area (Å²) in [5.74, 6) is 0. The molecule has 6 nitrogen and oxygen atoms in total. The van der Waals surface area contributed by atoms with Crippen molar-refractivity contribution in [2.75, 3.05) is 0 Å². The number of aryl methyl sites for hydroxylation is 6. The van der Waals surface area contributed by atoms with Crippen molar-refractivity contribution >= 4 is 14.5 Å². The van der Waals surface area contributed by atoms with Crippen molar-refractivity contribution in [3.8, 4) is 34.2 Å². The number of hydrogen-bond donors (Lipinski definition) is 0. The topological polar surface area (TPSA) is 77.3 Å². The zero-order chi connectivity index (χ0) is 38.9. The Bertz CT molecular complexity index is 1640. The number of aromatic nitrogens is 6. The Morgan fingerprint density at radius 2 is 0.415 bits per heavy atom. The van der Waals surface area contributed by atoms with Crippen molar-refractivity contribution < 1.29 is 55.6 Å². The van der Waals surface area contributed by atoms with Crippen molar-refractivity contribution in [2.24, 2.45) is 0 Å². The first-order chi connectivity index (χ1) is 24.3. The van der Waals surface area contributed by atoms with Crippen molar-refractivity contribution in [3.63, 3.8) is 0 Å². The molecule has 6 aromatic heterocycles. The van der Waals surface area contributed by atoms with E-state index in [4.69, 9.17) is 0 Å². The van der Waals surface area contributed by atoms with Crippen molar-refractivity contribution in [2.45, 2.75) is 41.5 Å². The molecule has 0 N–H and O–H groups in total. The third kappa shape index (κ3) is 21.3. The van der Waals surface area contributed by atoms with E-state index < -0.39 is 14.5 Å².